The molecule has 0 bridgehead atoms. The van der Waals surface area contributed by atoms with Crippen molar-refractivity contribution in [3.63, 3.8) is 0 Å². The van der Waals surface area contributed by atoms with E-state index >= 15 is 0 Å². The fourth-order valence-corrected chi connectivity index (χ4v) is 2.40. The van der Waals surface area contributed by atoms with E-state index in [-0.39, 0.29) is 0 Å². The summed E-state index contributed by atoms with van der Waals surface area (Å²) >= 11 is 0. The lowest BCUT2D eigenvalue weighted by Crippen LogP contribution is -1.86. The van der Waals surface area contributed by atoms with Crippen molar-refractivity contribution in [3.8, 4) is 0 Å². The first-order valence-corrected chi connectivity index (χ1v) is 5.08. The molecule has 1 saturated carbocycles. The molecule has 12 heavy (non-hydrogen) atoms. The van der Waals surface area contributed by atoms with Crippen LogP contribution in [0.15, 0.2) is 11.8 Å². The van der Waals surface area contributed by atoms with Crippen LogP contribution in [0.3, 0.4) is 0 Å². The second-order valence-corrected chi connectivity index (χ2v) is 3.79. The maximum Gasteiger partial charge on any atom is 0.0883 e. The first-order valence-electron chi connectivity index (χ1n) is 5.08. The summed E-state index contributed by atoms with van der Waals surface area (Å²) in [5.41, 5.74) is 0. The molecule has 2 atom stereocenters. The minimum Gasteiger partial charge on any atom is -0.513 e. The fraction of sp³-hybridized carbons (Fsp3) is 0.818. The zero-order valence-corrected chi connectivity index (χ0v) is 8.38. The van der Waals surface area contributed by atoms with Crippen LogP contribution < -0.4 is 0 Å². The molecule has 1 heteroatoms. The monoisotopic (exact) mass is 168 g/mol. The number of rotatable bonds is 4. The molecule has 1 N–H and O–H groups in total. The van der Waals surface area contributed by atoms with E-state index in [1.165, 1.54) is 12.8 Å². The van der Waals surface area contributed by atoms with Gasteiger partial charge in [-0.1, -0.05) is 26.7 Å². The molecule has 0 saturated heterocycles. The molecule has 0 aromatic carbocycles. The Labute approximate surface area is 75.5 Å². The van der Waals surface area contributed by atoms with Crippen LogP contribution in [0.1, 0.15) is 40.0 Å². The Morgan fingerprint density at radius 3 is 2.00 bits per heavy atom. The number of aliphatic hydroxyl groups excluding tert-OH is 1. The van der Waals surface area contributed by atoms with Gasteiger partial charge in [-0.05, 0) is 30.8 Å². The van der Waals surface area contributed by atoms with Gasteiger partial charge in [-0.25, -0.2) is 0 Å². The quantitative estimate of drug-likeness (QED) is 0.637. The van der Waals surface area contributed by atoms with Crippen LogP contribution in [0.4, 0.5) is 0 Å². The molecule has 1 aliphatic carbocycles. The molecule has 1 fully saturated rings. The van der Waals surface area contributed by atoms with Crippen molar-refractivity contribution in [1.29, 1.82) is 0 Å². The second-order valence-electron chi connectivity index (χ2n) is 3.79. The smallest absolute Gasteiger partial charge is 0.0883 e. The summed E-state index contributed by atoms with van der Waals surface area (Å²) in [6.45, 7) is 6.40. The Kier molecular flexibility index (Phi) is 3.19. The van der Waals surface area contributed by atoms with E-state index in [0.29, 0.717) is 5.76 Å². The van der Waals surface area contributed by atoms with E-state index in [4.69, 9.17) is 0 Å². The highest BCUT2D eigenvalue weighted by atomic mass is 16.3. The summed E-state index contributed by atoms with van der Waals surface area (Å²) in [4.78, 5) is 0. The molecule has 1 nitrogen and oxygen atoms in total. The van der Waals surface area contributed by atoms with Crippen molar-refractivity contribution in [3.05, 3.63) is 11.8 Å². The van der Waals surface area contributed by atoms with Gasteiger partial charge in [-0.3, -0.25) is 0 Å². The highest BCUT2D eigenvalue weighted by Crippen LogP contribution is 2.53. The van der Waals surface area contributed by atoms with Gasteiger partial charge in [-0.2, -0.15) is 0 Å². The average molecular weight is 168 g/mol. The Hall–Kier alpha value is -0.460. The molecule has 0 aromatic heterocycles. The van der Waals surface area contributed by atoms with Crippen LogP contribution in [0.5, 0.6) is 0 Å². The fourth-order valence-electron chi connectivity index (χ4n) is 2.40. The maximum absolute atomic E-state index is 9.36. The van der Waals surface area contributed by atoms with E-state index in [1.54, 1.807) is 0 Å². The van der Waals surface area contributed by atoms with Crippen molar-refractivity contribution >= 4 is 0 Å². The normalized spacial score (nSPS) is 35.2. The molecular weight excluding hydrogens is 148 g/mol. The minimum atomic E-state index is 0.578. The first-order chi connectivity index (χ1) is 5.74. The van der Waals surface area contributed by atoms with Gasteiger partial charge in [0.05, 0.1) is 5.76 Å². The number of hydrogen-bond acceptors (Lipinski definition) is 1. The maximum atomic E-state index is 9.36. The standard InChI is InChI=1S/C11H20O/c1-4-8(12)7-11-9(5-2)10(11)6-3/h4,9-12H,5-7H2,1-3H3. The van der Waals surface area contributed by atoms with Crippen molar-refractivity contribution in [1.82, 2.24) is 0 Å². The first kappa shape index (κ1) is 9.63. The summed E-state index contributed by atoms with van der Waals surface area (Å²) < 4.78 is 0. The Morgan fingerprint density at radius 1 is 1.17 bits per heavy atom. The van der Waals surface area contributed by atoms with Crippen LogP contribution in [0.25, 0.3) is 0 Å². The van der Waals surface area contributed by atoms with Gasteiger partial charge < -0.3 is 5.11 Å². The van der Waals surface area contributed by atoms with E-state index < -0.39 is 0 Å². The summed E-state index contributed by atoms with van der Waals surface area (Å²) in [7, 11) is 0. The highest BCUT2D eigenvalue weighted by Gasteiger charge is 2.46. The zero-order chi connectivity index (χ0) is 9.14. The van der Waals surface area contributed by atoms with Crippen LogP contribution in [0, 0.1) is 17.8 Å². The van der Waals surface area contributed by atoms with Crippen LogP contribution >= 0.6 is 0 Å². The summed E-state index contributed by atoms with van der Waals surface area (Å²) in [5, 5.41) is 9.36. The lowest BCUT2D eigenvalue weighted by molar-refractivity contribution is 0.371. The van der Waals surface area contributed by atoms with Crippen LogP contribution in [-0.4, -0.2) is 5.11 Å². The highest BCUT2D eigenvalue weighted by molar-refractivity contribution is 5.02. The molecular formula is C11H20O. The molecule has 0 aromatic rings. The minimum absolute atomic E-state index is 0.578. The van der Waals surface area contributed by atoms with Gasteiger partial charge in [0, 0.05) is 6.42 Å². The van der Waals surface area contributed by atoms with Gasteiger partial charge in [0.1, 0.15) is 0 Å². The van der Waals surface area contributed by atoms with Crippen molar-refractivity contribution in [2.24, 2.45) is 17.8 Å². The molecule has 0 heterocycles. The Balaban J connectivity index is 2.36. The predicted octanol–water partition coefficient (Wildman–Crippen LogP) is 3.52. The molecule has 0 aliphatic heterocycles. The van der Waals surface area contributed by atoms with E-state index in [0.717, 1.165) is 24.2 Å². The van der Waals surface area contributed by atoms with Gasteiger partial charge >= 0.3 is 0 Å². The molecule has 0 radical (unpaired) electrons. The van der Waals surface area contributed by atoms with E-state index in [1.807, 2.05) is 13.0 Å². The Morgan fingerprint density at radius 2 is 1.67 bits per heavy atom. The van der Waals surface area contributed by atoms with Gasteiger partial charge in [0.25, 0.3) is 0 Å². The van der Waals surface area contributed by atoms with E-state index in [2.05, 4.69) is 13.8 Å². The van der Waals surface area contributed by atoms with E-state index in [9.17, 15) is 5.11 Å². The molecule has 1 aliphatic rings. The summed E-state index contributed by atoms with van der Waals surface area (Å²) in [6.07, 6.45) is 5.28. The largest absolute Gasteiger partial charge is 0.513 e. The molecule has 1 rings (SSSR count). The number of aliphatic hydroxyl groups is 1. The SMILES string of the molecule is CC=C(O)CC1C(CC)C1CC. The number of allylic oxidation sites excluding steroid dienone is 2. The summed E-state index contributed by atoms with van der Waals surface area (Å²) in [6, 6.07) is 0. The van der Waals surface area contributed by atoms with Crippen molar-refractivity contribution in [2.75, 3.05) is 0 Å². The molecule has 70 valence electrons. The third kappa shape index (κ3) is 1.82. The van der Waals surface area contributed by atoms with Gasteiger partial charge in [0.15, 0.2) is 0 Å². The average Bonchev–Trinajstić information content (AvgIpc) is 2.77. The zero-order valence-electron chi connectivity index (χ0n) is 8.38. The Bertz CT molecular complexity index is 162. The third-order valence-corrected chi connectivity index (χ3v) is 3.23. The topological polar surface area (TPSA) is 20.2 Å². The molecule has 0 spiro atoms. The molecule has 0 amide bonds. The lowest BCUT2D eigenvalue weighted by Gasteiger charge is -1.96. The third-order valence-electron chi connectivity index (χ3n) is 3.23. The van der Waals surface area contributed by atoms with Gasteiger partial charge in [-0.15, -0.1) is 0 Å². The predicted molar refractivity (Wildman–Crippen MR) is 52.1 cm³/mol. The van der Waals surface area contributed by atoms with Crippen molar-refractivity contribution < 1.29 is 5.11 Å². The van der Waals surface area contributed by atoms with Gasteiger partial charge in [0.2, 0.25) is 0 Å². The lowest BCUT2D eigenvalue weighted by atomic mass is 10.2. The number of hydrogen-bond donors (Lipinski definition) is 1. The second kappa shape index (κ2) is 3.97. The van der Waals surface area contributed by atoms with Crippen LogP contribution in [0.2, 0.25) is 0 Å². The van der Waals surface area contributed by atoms with Crippen LogP contribution in [-0.2, 0) is 0 Å². The summed E-state index contributed by atoms with van der Waals surface area (Å²) in [5.74, 6) is 3.12. The van der Waals surface area contributed by atoms with Crippen molar-refractivity contribution in [2.45, 2.75) is 40.0 Å². The molecule has 2 unspecified atom stereocenters.